The van der Waals surface area contributed by atoms with Gasteiger partial charge in [0.2, 0.25) is 0 Å². The molecule has 2 rings (SSSR count). The molecule has 1 aliphatic carbocycles. The lowest BCUT2D eigenvalue weighted by Gasteiger charge is -2.33. The number of nitriles is 1. The standard InChI is InChI=1S/C16H23N3/c1-13(2)19(10-14-8-9-14)12-16(18,11-17)15-6-4-3-5-7-15/h3-7,13-14H,8-10,12,18H2,1-2H3. The van der Waals surface area contributed by atoms with Crippen molar-refractivity contribution in [2.45, 2.75) is 38.3 Å². The normalized spacial score (nSPS) is 18.3. The Bertz CT molecular complexity index is 445. The van der Waals surface area contributed by atoms with Crippen LogP contribution in [0.2, 0.25) is 0 Å². The predicted molar refractivity (Wildman–Crippen MR) is 77.4 cm³/mol. The average Bonchev–Trinajstić information content (AvgIpc) is 3.22. The largest absolute Gasteiger partial charge is 0.309 e. The predicted octanol–water partition coefficient (Wildman–Crippen LogP) is 2.48. The van der Waals surface area contributed by atoms with E-state index >= 15 is 0 Å². The molecule has 0 amide bonds. The van der Waals surface area contributed by atoms with Crippen LogP contribution in [0.5, 0.6) is 0 Å². The van der Waals surface area contributed by atoms with Crippen LogP contribution in [-0.2, 0) is 5.54 Å². The van der Waals surface area contributed by atoms with Gasteiger partial charge in [0.15, 0.2) is 0 Å². The van der Waals surface area contributed by atoms with Crippen molar-refractivity contribution < 1.29 is 0 Å². The molecule has 2 N–H and O–H groups in total. The lowest BCUT2D eigenvalue weighted by Crippen LogP contribution is -2.49. The summed E-state index contributed by atoms with van der Waals surface area (Å²) in [5.74, 6) is 0.807. The monoisotopic (exact) mass is 257 g/mol. The molecule has 0 aliphatic heterocycles. The van der Waals surface area contributed by atoms with E-state index < -0.39 is 5.54 Å². The lowest BCUT2D eigenvalue weighted by atomic mass is 9.91. The van der Waals surface area contributed by atoms with E-state index in [-0.39, 0.29) is 0 Å². The van der Waals surface area contributed by atoms with E-state index in [1.54, 1.807) is 0 Å². The molecule has 1 atom stereocenters. The van der Waals surface area contributed by atoms with Crippen molar-refractivity contribution in [3.8, 4) is 6.07 Å². The van der Waals surface area contributed by atoms with E-state index in [4.69, 9.17) is 5.73 Å². The van der Waals surface area contributed by atoms with Crippen molar-refractivity contribution in [2.75, 3.05) is 13.1 Å². The Morgan fingerprint density at radius 2 is 2.00 bits per heavy atom. The number of nitrogens with two attached hydrogens (primary N) is 1. The highest BCUT2D eigenvalue weighted by Gasteiger charge is 2.33. The molecule has 3 nitrogen and oxygen atoms in total. The zero-order valence-corrected chi connectivity index (χ0v) is 11.8. The maximum Gasteiger partial charge on any atom is 0.142 e. The first-order chi connectivity index (χ1) is 9.05. The minimum Gasteiger partial charge on any atom is -0.309 e. The van der Waals surface area contributed by atoms with Crippen molar-refractivity contribution in [1.82, 2.24) is 4.90 Å². The Morgan fingerprint density at radius 3 is 2.47 bits per heavy atom. The van der Waals surface area contributed by atoms with Gasteiger partial charge in [0, 0.05) is 19.1 Å². The first-order valence-corrected chi connectivity index (χ1v) is 7.05. The molecule has 0 spiro atoms. The Morgan fingerprint density at radius 1 is 1.37 bits per heavy atom. The second-order valence-corrected chi connectivity index (χ2v) is 5.92. The number of hydrogen-bond donors (Lipinski definition) is 1. The van der Waals surface area contributed by atoms with Crippen LogP contribution in [0.4, 0.5) is 0 Å². The van der Waals surface area contributed by atoms with Crippen LogP contribution in [0.3, 0.4) is 0 Å². The zero-order valence-electron chi connectivity index (χ0n) is 11.8. The first kappa shape index (κ1) is 14.0. The summed E-state index contributed by atoms with van der Waals surface area (Å²) in [5, 5.41) is 9.52. The molecule has 0 bridgehead atoms. The summed E-state index contributed by atoms with van der Waals surface area (Å²) in [6.07, 6.45) is 2.64. The van der Waals surface area contributed by atoms with E-state index in [1.807, 2.05) is 30.3 Å². The summed E-state index contributed by atoms with van der Waals surface area (Å²) < 4.78 is 0. The van der Waals surface area contributed by atoms with Gasteiger partial charge in [0.25, 0.3) is 0 Å². The van der Waals surface area contributed by atoms with Crippen LogP contribution in [0.15, 0.2) is 30.3 Å². The highest BCUT2D eigenvalue weighted by molar-refractivity contribution is 5.31. The molecule has 1 aromatic carbocycles. The van der Waals surface area contributed by atoms with E-state index in [0.717, 1.165) is 18.0 Å². The molecule has 0 aromatic heterocycles. The molecule has 102 valence electrons. The maximum atomic E-state index is 9.52. The van der Waals surface area contributed by atoms with Gasteiger partial charge < -0.3 is 5.73 Å². The lowest BCUT2D eigenvalue weighted by molar-refractivity contribution is 0.182. The fourth-order valence-electron chi connectivity index (χ4n) is 2.34. The molecule has 1 saturated carbocycles. The van der Waals surface area contributed by atoms with Crippen LogP contribution >= 0.6 is 0 Å². The minimum absolute atomic E-state index is 0.417. The fourth-order valence-corrected chi connectivity index (χ4v) is 2.34. The van der Waals surface area contributed by atoms with Gasteiger partial charge in [-0.3, -0.25) is 4.90 Å². The van der Waals surface area contributed by atoms with Crippen LogP contribution < -0.4 is 5.73 Å². The van der Waals surface area contributed by atoms with E-state index in [9.17, 15) is 5.26 Å². The van der Waals surface area contributed by atoms with Gasteiger partial charge in [-0.05, 0) is 38.2 Å². The average molecular weight is 257 g/mol. The van der Waals surface area contributed by atoms with Crippen LogP contribution in [0.25, 0.3) is 0 Å². The second-order valence-electron chi connectivity index (χ2n) is 5.92. The zero-order chi connectivity index (χ0) is 13.9. The Kier molecular flexibility index (Phi) is 4.24. The van der Waals surface area contributed by atoms with Gasteiger partial charge in [-0.1, -0.05) is 30.3 Å². The van der Waals surface area contributed by atoms with Crippen molar-refractivity contribution >= 4 is 0 Å². The van der Waals surface area contributed by atoms with Gasteiger partial charge in [0.05, 0.1) is 6.07 Å². The topological polar surface area (TPSA) is 53.0 Å². The summed E-state index contributed by atoms with van der Waals surface area (Å²) in [4.78, 5) is 2.34. The molecule has 1 aliphatic rings. The molecule has 1 aromatic rings. The van der Waals surface area contributed by atoms with Gasteiger partial charge in [0.1, 0.15) is 5.54 Å². The molecule has 0 saturated heterocycles. The van der Waals surface area contributed by atoms with Crippen LogP contribution in [-0.4, -0.2) is 24.0 Å². The van der Waals surface area contributed by atoms with E-state index in [0.29, 0.717) is 12.6 Å². The van der Waals surface area contributed by atoms with E-state index in [1.165, 1.54) is 12.8 Å². The SMILES string of the molecule is CC(C)N(CC1CC1)CC(N)(C#N)c1ccccc1. The first-order valence-electron chi connectivity index (χ1n) is 7.05. The smallest absolute Gasteiger partial charge is 0.142 e. The summed E-state index contributed by atoms with van der Waals surface area (Å²) in [6, 6.07) is 12.4. The maximum absolute atomic E-state index is 9.52. The number of rotatable bonds is 6. The second kappa shape index (κ2) is 5.73. The molecular formula is C16H23N3. The Labute approximate surface area is 116 Å². The summed E-state index contributed by atoms with van der Waals surface area (Å²) in [7, 11) is 0. The van der Waals surface area contributed by atoms with Gasteiger partial charge in [-0.25, -0.2) is 0 Å². The molecule has 0 radical (unpaired) electrons. The van der Waals surface area contributed by atoms with Gasteiger partial charge >= 0.3 is 0 Å². The quantitative estimate of drug-likeness (QED) is 0.852. The third-order valence-corrected chi connectivity index (χ3v) is 3.86. The fraction of sp³-hybridized carbons (Fsp3) is 0.562. The van der Waals surface area contributed by atoms with E-state index in [2.05, 4.69) is 24.8 Å². The molecule has 1 unspecified atom stereocenters. The molecule has 19 heavy (non-hydrogen) atoms. The van der Waals surface area contributed by atoms with Crippen LogP contribution in [0, 0.1) is 17.2 Å². The van der Waals surface area contributed by atoms with Crippen molar-refractivity contribution in [3.05, 3.63) is 35.9 Å². The molecular weight excluding hydrogens is 234 g/mol. The van der Waals surface area contributed by atoms with Gasteiger partial charge in [-0.15, -0.1) is 0 Å². The molecule has 3 heteroatoms. The van der Waals surface area contributed by atoms with Crippen LogP contribution in [0.1, 0.15) is 32.3 Å². The van der Waals surface area contributed by atoms with Crippen molar-refractivity contribution in [1.29, 1.82) is 5.26 Å². The highest BCUT2D eigenvalue weighted by Crippen LogP contribution is 2.31. The highest BCUT2D eigenvalue weighted by atomic mass is 15.2. The van der Waals surface area contributed by atoms with Crippen molar-refractivity contribution in [3.63, 3.8) is 0 Å². The van der Waals surface area contributed by atoms with Crippen molar-refractivity contribution in [2.24, 2.45) is 11.7 Å². The summed E-state index contributed by atoms with van der Waals surface area (Å²) in [6.45, 7) is 6.00. The Hall–Kier alpha value is -1.37. The Balaban J connectivity index is 2.14. The van der Waals surface area contributed by atoms with Gasteiger partial charge in [-0.2, -0.15) is 5.26 Å². The number of hydrogen-bond acceptors (Lipinski definition) is 3. The number of benzene rings is 1. The summed E-state index contributed by atoms with van der Waals surface area (Å²) >= 11 is 0. The molecule has 0 heterocycles. The molecule has 1 fully saturated rings. The third kappa shape index (κ3) is 3.56. The number of nitrogens with zero attached hydrogens (tertiary/aromatic N) is 2. The summed E-state index contributed by atoms with van der Waals surface area (Å²) in [5.41, 5.74) is 6.34. The minimum atomic E-state index is -0.916. The third-order valence-electron chi connectivity index (χ3n) is 3.86.